The Balaban J connectivity index is 3.92. The lowest BCUT2D eigenvalue weighted by atomic mass is 10.8. The zero-order valence-electron chi connectivity index (χ0n) is 6.24. The molecule has 0 spiro atoms. The zero-order valence-corrected chi connectivity index (χ0v) is 12.1. The van der Waals surface area contributed by atoms with Crippen molar-refractivity contribution >= 4 is 74.5 Å². The molecular weight excluding hydrogens is 433 g/mol. The summed E-state index contributed by atoms with van der Waals surface area (Å²) in [5.74, 6) is 0. The molecule has 0 rings (SSSR count). The van der Waals surface area contributed by atoms with Gasteiger partial charge in [-0.15, -0.1) is 0 Å². The standard InChI is InChI=1S/C5H6Cl2I2O3/c1-4(6,8)11-3(10)12-5(2,7)9/h1-2H3. The summed E-state index contributed by atoms with van der Waals surface area (Å²) in [5, 5.41) is 0. The molecule has 7 heteroatoms. The Bertz CT molecular complexity index is 155. The van der Waals surface area contributed by atoms with Gasteiger partial charge in [0.05, 0.1) is 0 Å². The molecule has 0 N–H and O–H groups in total. The lowest BCUT2D eigenvalue weighted by Gasteiger charge is -2.18. The zero-order chi connectivity index (χ0) is 9.99. The predicted octanol–water partition coefficient (Wildman–Crippen LogP) is 3.83. The lowest BCUT2D eigenvalue weighted by molar-refractivity contribution is 0.0365. The highest BCUT2D eigenvalue weighted by atomic mass is 127. The minimum atomic E-state index is -1.10. The Hall–Kier alpha value is 1.31. The van der Waals surface area contributed by atoms with Gasteiger partial charge in [-0.25, -0.2) is 4.79 Å². The normalized spacial score (nSPS) is 20.5. The average Bonchev–Trinajstić information content (AvgIpc) is 1.49. The highest BCUT2D eigenvalue weighted by molar-refractivity contribution is 14.1. The predicted molar refractivity (Wildman–Crippen MR) is 64.1 cm³/mol. The molecule has 2 atom stereocenters. The third kappa shape index (κ3) is 9.40. The van der Waals surface area contributed by atoms with E-state index in [1.165, 1.54) is 13.8 Å². The van der Waals surface area contributed by atoms with E-state index in [4.69, 9.17) is 23.2 Å². The van der Waals surface area contributed by atoms with Crippen molar-refractivity contribution < 1.29 is 14.3 Å². The van der Waals surface area contributed by atoms with E-state index in [9.17, 15) is 4.79 Å². The Morgan fingerprint density at radius 2 is 1.42 bits per heavy atom. The van der Waals surface area contributed by atoms with Crippen molar-refractivity contribution in [2.75, 3.05) is 0 Å². The van der Waals surface area contributed by atoms with Crippen molar-refractivity contribution in [3.05, 3.63) is 0 Å². The fourth-order valence-electron chi connectivity index (χ4n) is 0.313. The molecule has 0 aliphatic heterocycles. The summed E-state index contributed by atoms with van der Waals surface area (Å²) in [6.07, 6.45) is -0.895. The van der Waals surface area contributed by atoms with Gasteiger partial charge in [0.1, 0.15) is 0 Å². The summed E-state index contributed by atoms with van der Waals surface area (Å²) in [6, 6.07) is 0. The number of hydrogen-bond donors (Lipinski definition) is 0. The van der Waals surface area contributed by atoms with E-state index >= 15 is 0 Å². The summed E-state index contributed by atoms with van der Waals surface area (Å²) >= 11 is 14.6. The van der Waals surface area contributed by atoms with E-state index in [-0.39, 0.29) is 0 Å². The molecule has 0 aromatic carbocycles. The van der Waals surface area contributed by atoms with Gasteiger partial charge in [0.2, 0.25) is 6.13 Å². The SMILES string of the molecule is CC(Cl)(I)OC(=O)OC(C)(Cl)I. The number of rotatable bonds is 2. The van der Waals surface area contributed by atoms with Gasteiger partial charge in [-0.3, -0.25) is 0 Å². The third-order valence-corrected chi connectivity index (χ3v) is 1.12. The number of halogens is 4. The summed E-state index contributed by atoms with van der Waals surface area (Å²) in [7, 11) is 0. The van der Waals surface area contributed by atoms with Gasteiger partial charge < -0.3 is 9.47 Å². The maximum Gasteiger partial charge on any atom is 0.512 e. The second-order valence-corrected chi connectivity index (χ2v) is 8.90. The summed E-state index contributed by atoms with van der Waals surface area (Å²) < 4.78 is 7.02. The fourth-order valence-corrected chi connectivity index (χ4v) is 0.799. The first-order valence-electron chi connectivity index (χ1n) is 2.78. The fraction of sp³-hybridized carbons (Fsp3) is 0.800. The molecular formula is C5H6Cl2I2O3. The number of carbonyl (C=O) groups excluding carboxylic acids is 1. The molecule has 0 heterocycles. The number of ether oxygens (including phenoxy) is 2. The molecule has 0 fully saturated rings. The van der Waals surface area contributed by atoms with Crippen LogP contribution in [0.15, 0.2) is 0 Å². The van der Waals surface area contributed by atoms with Crippen LogP contribution in [0.5, 0.6) is 0 Å². The van der Waals surface area contributed by atoms with Crippen molar-refractivity contribution in [3.63, 3.8) is 0 Å². The van der Waals surface area contributed by atoms with Gasteiger partial charge in [-0.1, -0.05) is 23.2 Å². The molecule has 0 aromatic heterocycles. The van der Waals surface area contributed by atoms with Crippen molar-refractivity contribution in [1.82, 2.24) is 0 Å². The number of carbonyl (C=O) groups is 1. The maximum atomic E-state index is 10.9. The second-order valence-electron chi connectivity index (χ2n) is 2.07. The molecule has 0 radical (unpaired) electrons. The van der Waals surface area contributed by atoms with E-state index in [1.54, 1.807) is 45.2 Å². The molecule has 0 aliphatic carbocycles. The van der Waals surface area contributed by atoms with Crippen LogP contribution in [0.4, 0.5) is 4.79 Å². The van der Waals surface area contributed by atoms with Crippen LogP contribution in [-0.4, -0.2) is 12.3 Å². The van der Waals surface area contributed by atoms with E-state index in [2.05, 4.69) is 9.47 Å². The van der Waals surface area contributed by atoms with Gasteiger partial charge >= 0.3 is 6.16 Å². The molecule has 3 nitrogen and oxygen atoms in total. The Morgan fingerprint density at radius 3 is 1.58 bits per heavy atom. The molecule has 2 unspecified atom stereocenters. The van der Waals surface area contributed by atoms with Gasteiger partial charge in [-0.2, -0.15) is 0 Å². The van der Waals surface area contributed by atoms with Gasteiger partial charge in [-0.05, 0) is 59.0 Å². The average molecular weight is 439 g/mol. The van der Waals surface area contributed by atoms with Crippen molar-refractivity contribution in [3.8, 4) is 0 Å². The number of alkyl halides is 4. The first-order chi connectivity index (χ1) is 5.10. The molecule has 0 saturated carbocycles. The first-order valence-corrected chi connectivity index (χ1v) is 5.69. The molecule has 0 amide bonds. The van der Waals surface area contributed by atoms with Crippen molar-refractivity contribution in [1.29, 1.82) is 0 Å². The summed E-state index contributed by atoms with van der Waals surface area (Å²) in [5.41, 5.74) is 0. The van der Waals surface area contributed by atoms with Crippen LogP contribution in [0.2, 0.25) is 0 Å². The lowest BCUT2D eigenvalue weighted by Crippen LogP contribution is -2.24. The van der Waals surface area contributed by atoms with Gasteiger partial charge in [0.15, 0.2) is 0 Å². The molecule has 12 heavy (non-hydrogen) atoms. The van der Waals surface area contributed by atoms with Gasteiger partial charge in [0.25, 0.3) is 0 Å². The minimum absolute atomic E-state index is 0.895. The molecule has 0 aliphatic rings. The monoisotopic (exact) mass is 438 g/mol. The number of hydrogen-bond acceptors (Lipinski definition) is 3. The van der Waals surface area contributed by atoms with Gasteiger partial charge in [0, 0.05) is 0 Å². The minimum Gasteiger partial charge on any atom is -0.403 e. The largest absolute Gasteiger partial charge is 0.512 e. The van der Waals surface area contributed by atoms with Crippen LogP contribution in [0.3, 0.4) is 0 Å². The summed E-state index contributed by atoms with van der Waals surface area (Å²) in [4.78, 5) is 10.9. The van der Waals surface area contributed by atoms with E-state index in [0.717, 1.165) is 0 Å². The Labute approximate surface area is 108 Å². The highest BCUT2D eigenvalue weighted by Crippen LogP contribution is 2.29. The van der Waals surface area contributed by atoms with Crippen LogP contribution >= 0.6 is 68.4 Å². The smallest absolute Gasteiger partial charge is 0.403 e. The van der Waals surface area contributed by atoms with Crippen LogP contribution in [0.1, 0.15) is 13.8 Å². The molecule has 0 bridgehead atoms. The quantitative estimate of drug-likeness (QED) is 0.373. The highest BCUT2D eigenvalue weighted by Gasteiger charge is 2.27. The Morgan fingerprint density at radius 1 is 1.17 bits per heavy atom. The van der Waals surface area contributed by atoms with Crippen LogP contribution in [0.25, 0.3) is 0 Å². The van der Waals surface area contributed by atoms with Crippen LogP contribution in [-0.2, 0) is 9.47 Å². The first kappa shape index (κ1) is 13.3. The third-order valence-electron chi connectivity index (χ3n) is 0.525. The molecule has 0 aromatic rings. The van der Waals surface area contributed by atoms with E-state index in [0.29, 0.717) is 0 Å². The molecule has 72 valence electrons. The van der Waals surface area contributed by atoms with Crippen molar-refractivity contribution in [2.24, 2.45) is 0 Å². The summed E-state index contributed by atoms with van der Waals surface area (Å²) in [6.45, 7) is 3.02. The Kier molecular flexibility index (Phi) is 5.21. The molecule has 0 saturated heterocycles. The van der Waals surface area contributed by atoms with E-state index in [1.807, 2.05) is 0 Å². The van der Waals surface area contributed by atoms with E-state index < -0.39 is 12.3 Å². The maximum absolute atomic E-state index is 10.9. The van der Waals surface area contributed by atoms with Crippen LogP contribution in [0, 0.1) is 0 Å². The van der Waals surface area contributed by atoms with Crippen LogP contribution < -0.4 is 0 Å². The topological polar surface area (TPSA) is 35.5 Å². The van der Waals surface area contributed by atoms with Crippen molar-refractivity contribution in [2.45, 2.75) is 20.0 Å². The second kappa shape index (κ2) is 4.70.